The van der Waals surface area contributed by atoms with Crippen LogP contribution in [0.25, 0.3) is 0 Å². The Balaban J connectivity index is 3.48. The molecule has 0 aromatic carbocycles. The van der Waals surface area contributed by atoms with Crippen molar-refractivity contribution in [1.82, 2.24) is 5.32 Å². The number of rotatable bonds is 3. The lowest BCUT2D eigenvalue weighted by Gasteiger charge is -2.18. The Labute approximate surface area is 62.6 Å². The standard InChI is InChI=1S/C8H15NO/c1-5-7(2)9-6-8(3,4)10/h1,7,9-10H,6H2,2-4H3. The van der Waals surface area contributed by atoms with Crippen molar-refractivity contribution in [2.75, 3.05) is 6.54 Å². The Morgan fingerprint density at radius 1 is 1.70 bits per heavy atom. The maximum atomic E-state index is 9.23. The van der Waals surface area contributed by atoms with Gasteiger partial charge in [0.15, 0.2) is 0 Å². The highest BCUT2D eigenvalue weighted by molar-refractivity contribution is 4.96. The van der Waals surface area contributed by atoms with Gasteiger partial charge in [0.25, 0.3) is 0 Å². The lowest BCUT2D eigenvalue weighted by atomic mass is 10.1. The van der Waals surface area contributed by atoms with Gasteiger partial charge in [0.05, 0.1) is 11.6 Å². The van der Waals surface area contributed by atoms with Crippen LogP contribution in [0.15, 0.2) is 0 Å². The molecule has 58 valence electrons. The van der Waals surface area contributed by atoms with Gasteiger partial charge >= 0.3 is 0 Å². The highest BCUT2D eigenvalue weighted by atomic mass is 16.3. The Bertz CT molecular complexity index is 129. The van der Waals surface area contributed by atoms with E-state index in [9.17, 15) is 5.11 Å². The average Bonchev–Trinajstić information content (AvgIpc) is 1.81. The molecule has 0 saturated heterocycles. The summed E-state index contributed by atoms with van der Waals surface area (Å²) < 4.78 is 0. The van der Waals surface area contributed by atoms with Crippen molar-refractivity contribution in [2.45, 2.75) is 32.4 Å². The van der Waals surface area contributed by atoms with Crippen molar-refractivity contribution in [3.63, 3.8) is 0 Å². The van der Waals surface area contributed by atoms with E-state index >= 15 is 0 Å². The van der Waals surface area contributed by atoms with Crippen molar-refractivity contribution < 1.29 is 5.11 Å². The molecule has 0 aromatic heterocycles. The topological polar surface area (TPSA) is 32.3 Å². The zero-order chi connectivity index (χ0) is 8.20. The van der Waals surface area contributed by atoms with E-state index in [2.05, 4.69) is 11.2 Å². The van der Waals surface area contributed by atoms with Gasteiger partial charge in [-0.1, -0.05) is 5.92 Å². The lowest BCUT2D eigenvalue weighted by Crippen LogP contribution is -2.38. The summed E-state index contributed by atoms with van der Waals surface area (Å²) in [5, 5.41) is 12.2. The molecular formula is C8H15NO. The van der Waals surface area contributed by atoms with Crippen LogP contribution < -0.4 is 5.32 Å². The second kappa shape index (κ2) is 3.60. The predicted octanol–water partition coefficient (Wildman–Crippen LogP) is 0.369. The summed E-state index contributed by atoms with van der Waals surface area (Å²) in [5.74, 6) is 2.52. The third-order valence-electron chi connectivity index (χ3n) is 1.09. The SMILES string of the molecule is C#CC(C)NCC(C)(C)O. The zero-order valence-electron chi connectivity index (χ0n) is 6.81. The molecule has 2 N–H and O–H groups in total. The molecule has 0 aliphatic carbocycles. The van der Waals surface area contributed by atoms with E-state index in [-0.39, 0.29) is 6.04 Å². The molecule has 1 unspecified atom stereocenters. The van der Waals surface area contributed by atoms with Gasteiger partial charge in [-0.2, -0.15) is 0 Å². The van der Waals surface area contributed by atoms with Gasteiger partial charge in [-0.3, -0.25) is 0 Å². The minimum atomic E-state index is -0.675. The van der Waals surface area contributed by atoms with Crippen LogP contribution in [0, 0.1) is 12.3 Å². The molecule has 0 heterocycles. The monoisotopic (exact) mass is 141 g/mol. The average molecular weight is 141 g/mol. The molecule has 2 nitrogen and oxygen atoms in total. The minimum absolute atomic E-state index is 0.0337. The fourth-order valence-electron chi connectivity index (χ4n) is 0.462. The van der Waals surface area contributed by atoms with Crippen molar-refractivity contribution in [3.05, 3.63) is 0 Å². The Morgan fingerprint density at radius 3 is 2.50 bits per heavy atom. The molecule has 0 rings (SSSR count). The molecule has 0 aliphatic rings. The summed E-state index contributed by atoms with van der Waals surface area (Å²) in [4.78, 5) is 0. The second-order valence-electron chi connectivity index (χ2n) is 3.08. The van der Waals surface area contributed by atoms with E-state index in [1.165, 1.54) is 0 Å². The molecule has 0 radical (unpaired) electrons. The maximum Gasteiger partial charge on any atom is 0.0716 e. The van der Waals surface area contributed by atoms with Crippen molar-refractivity contribution in [3.8, 4) is 12.3 Å². The van der Waals surface area contributed by atoms with Gasteiger partial charge < -0.3 is 10.4 Å². The maximum absolute atomic E-state index is 9.23. The first-order valence-electron chi connectivity index (χ1n) is 3.37. The van der Waals surface area contributed by atoms with E-state index in [4.69, 9.17) is 6.42 Å². The Morgan fingerprint density at radius 2 is 2.20 bits per heavy atom. The first kappa shape index (κ1) is 9.48. The third kappa shape index (κ3) is 5.61. The normalized spacial score (nSPS) is 14.3. The molecule has 1 atom stereocenters. The Hall–Kier alpha value is -0.520. The van der Waals surface area contributed by atoms with Crippen LogP contribution in [0.2, 0.25) is 0 Å². The lowest BCUT2D eigenvalue weighted by molar-refractivity contribution is 0.0788. The van der Waals surface area contributed by atoms with Crippen LogP contribution in [0.1, 0.15) is 20.8 Å². The molecule has 2 heteroatoms. The van der Waals surface area contributed by atoms with Crippen LogP contribution >= 0.6 is 0 Å². The summed E-state index contributed by atoms with van der Waals surface area (Å²) >= 11 is 0. The summed E-state index contributed by atoms with van der Waals surface area (Å²) in [7, 11) is 0. The molecule has 0 aliphatic heterocycles. The first-order chi connectivity index (χ1) is 4.45. The molecule has 0 bridgehead atoms. The highest BCUT2D eigenvalue weighted by Gasteiger charge is 2.11. The highest BCUT2D eigenvalue weighted by Crippen LogP contribution is 1.97. The third-order valence-corrected chi connectivity index (χ3v) is 1.09. The van der Waals surface area contributed by atoms with E-state index in [0.717, 1.165) is 0 Å². The van der Waals surface area contributed by atoms with Crippen LogP contribution in [-0.2, 0) is 0 Å². The second-order valence-corrected chi connectivity index (χ2v) is 3.08. The van der Waals surface area contributed by atoms with Crippen LogP contribution in [0.4, 0.5) is 0 Å². The summed E-state index contributed by atoms with van der Waals surface area (Å²) in [6.45, 7) is 5.89. The predicted molar refractivity (Wildman–Crippen MR) is 42.6 cm³/mol. The molecule has 0 saturated carbocycles. The largest absolute Gasteiger partial charge is 0.389 e. The van der Waals surface area contributed by atoms with Gasteiger partial charge in [0.1, 0.15) is 0 Å². The van der Waals surface area contributed by atoms with Gasteiger partial charge in [-0.25, -0.2) is 0 Å². The molecule has 0 amide bonds. The number of nitrogens with one attached hydrogen (secondary N) is 1. The molecule has 0 fully saturated rings. The number of aliphatic hydroxyl groups is 1. The minimum Gasteiger partial charge on any atom is -0.389 e. The summed E-state index contributed by atoms with van der Waals surface area (Å²) in [6, 6.07) is 0.0337. The smallest absolute Gasteiger partial charge is 0.0716 e. The van der Waals surface area contributed by atoms with Crippen LogP contribution in [0.3, 0.4) is 0 Å². The molecular weight excluding hydrogens is 126 g/mol. The van der Waals surface area contributed by atoms with Gasteiger partial charge in [0.2, 0.25) is 0 Å². The Kier molecular flexibility index (Phi) is 3.41. The molecule has 0 spiro atoms. The fourth-order valence-corrected chi connectivity index (χ4v) is 0.462. The van der Waals surface area contributed by atoms with Gasteiger partial charge in [-0.05, 0) is 20.8 Å². The number of hydrogen-bond acceptors (Lipinski definition) is 2. The van der Waals surface area contributed by atoms with E-state index in [1.54, 1.807) is 13.8 Å². The fraction of sp³-hybridized carbons (Fsp3) is 0.750. The van der Waals surface area contributed by atoms with E-state index < -0.39 is 5.60 Å². The van der Waals surface area contributed by atoms with Crippen molar-refractivity contribution in [2.24, 2.45) is 0 Å². The summed E-state index contributed by atoms with van der Waals surface area (Å²) in [5.41, 5.74) is -0.675. The van der Waals surface area contributed by atoms with Crippen LogP contribution in [-0.4, -0.2) is 23.3 Å². The quantitative estimate of drug-likeness (QED) is 0.556. The van der Waals surface area contributed by atoms with E-state index in [0.29, 0.717) is 6.54 Å². The van der Waals surface area contributed by atoms with E-state index in [1.807, 2.05) is 6.92 Å². The number of hydrogen-bond donors (Lipinski definition) is 2. The van der Waals surface area contributed by atoms with Crippen LogP contribution in [0.5, 0.6) is 0 Å². The molecule has 0 aromatic rings. The van der Waals surface area contributed by atoms with Gasteiger partial charge in [-0.15, -0.1) is 6.42 Å². The van der Waals surface area contributed by atoms with Gasteiger partial charge in [0, 0.05) is 6.54 Å². The first-order valence-corrected chi connectivity index (χ1v) is 3.37. The molecule has 10 heavy (non-hydrogen) atoms. The number of terminal acetylenes is 1. The van der Waals surface area contributed by atoms with Crippen molar-refractivity contribution in [1.29, 1.82) is 0 Å². The van der Waals surface area contributed by atoms with Crippen molar-refractivity contribution >= 4 is 0 Å². The summed E-state index contributed by atoms with van der Waals surface area (Å²) in [6.07, 6.45) is 5.11. The zero-order valence-corrected chi connectivity index (χ0v) is 6.81.